The molecule has 3 aromatic rings. The van der Waals surface area contributed by atoms with Crippen LogP contribution < -0.4 is 0 Å². The first-order valence-corrected chi connectivity index (χ1v) is 10.3. The topological polar surface area (TPSA) is 76.3 Å². The second-order valence-electron chi connectivity index (χ2n) is 6.49. The summed E-state index contributed by atoms with van der Waals surface area (Å²) in [5, 5.41) is 4.10. The molecule has 0 radical (unpaired) electrons. The maximum atomic E-state index is 13.1. The third-order valence-electron chi connectivity index (χ3n) is 4.72. The number of hydrogen-bond acceptors (Lipinski definition) is 5. The molecule has 0 saturated heterocycles. The molecule has 0 bridgehead atoms. The van der Waals surface area contributed by atoms with E-state index in [2.05, 4.69) is 10.1 Å². The number of nitrogens with zero attached hydrogens (tertiary/aromatic N) is 3. The molecular weight excluding hydrogens is 362 g/mol. The number of aromatic nitrogens is 2. The summed E-state index contributed by atoms with van der Waals surface area (Å²) < 4.78 is 32.9. The molecule has 27 heavy (non-hydrogen) atoms. The number of hydrogen-bond donors (Lipinski definition) is 0. The number of benzene rings is 2. The van der Waals surface area contributed by atoms with Crippen LogP contribution in [0.4, 0.5) is 0 Å². The van der Waals surface area contributed by atoms with E-state index in [0.717, 1.165) is 12.0 Å². The summed E-state index contributed by atoms with van der Waals surface area (Å²) in [6.45, 7) is 4.00. The van der Waals surface area contributed by atoms with E-state index in [9.17, 15) is 8.42 Å². The van der Waals surface area contributed by atoms with E-state index in [4.69, 9.17) is 4.52 Å². The first kappa shape index (κ1) is 19.3. The fourth-order valence-electron chi connectivity index (χ4n) is 2.96. The van der Waals surface area contributed by atoms with Crippen molar-refractivity contribution in [2.75, 3.05) is 7.05 Å². The van der Waals surface area contributed by atoms with Crippen molar-refractivity contribution >= 4 is 10.0 Å². The third kappa shape index (κ3) is 3.94. The SMILES string of the molecule is CCC(C)[C@@H](c1noc(-c2ccccc2)n1)N(C)S(=O)(=O)c1ccccc1. The zero-order valence-corrected chi connectivity index (χ0v) is 16.4. The predicted octanol–water partition coefficient (Wildman–Crippen LogP) is 4.14. The fourth-order valence-corrected chi connectivity index (χ4v) is 4.39. The summed E-state index contributed by atoms with van der Waals surface area (Å²) in [6, 6.07) is 17.3. The Bertz CT molecular complexity index is 972. The molecule has 0 N–H and O–H groups in total. The van der Waals surface area contributed by atoms with Crippen molar-refractivity contribution in [2.24, 2.45) is 5.92 Å². The Labute approximate surface area is 159 Å². The lowest BCUT2D eigenvalue weighted by Gasteiger charge is -2.29. The van der Waals surface area contributed by atoms with Crippen molar-refractivity contribution in [2.45, 2.75) is 31.2 Å². The largest absolute Gasteiger partial charge is 0.334 e. The smallest absolute Gasteiger partial charge is 0.257 e. The van der Waals surface area contributed by atoms with Crippen LogP contribution in [-0.4, -0.2) is 29.9 Å². The van der Waals surface area contributed by atoms with Gasteiger partial charge in [0.25, 0.3) is 5.89 Å². The highest BCUT2D eigenvalue weighted by atomic mass is 32.2. The maximum absolute atomic E-state index is 13.1. The molecule has 0 fully saturated rings. The number of rotatable bonds is 7. The molecule has 3 rings (SSSR count). The van der Waals surface area contributed by atoms with Crippen molar-refractivity contribution < 1.29 is 12.9 Å². The van der Waals surface area contributed by atoms with E-state index in [0.29, 0.717) is 11.7 Å². The minimum Gasteiger partial charge on any atom is -0.334 e. The van der Waals surface area contributed by atoms with Crippen molar-refractivity contribution in [1.29, 1.82) is 0 Å². The Morgan fingerprint density at radius 3 is 2.22 bits per heavy atom. The molecule has 1 heterocycles. The zero-order chi connectivity index (χ0) is 19.4. The normalized spacial score (nSPS) is 14.2. The highest BCUT2D eigenvalue weighted by molar-refractivity contribution is 7.89. The average molecular weight is 385 g/mol. The van der Waals surface area contributed by atoms with E-state index in [-0.39, 0.29) is 10.8 Å². The maximum Gasteiger partial charge on any atom is 0.257 e. The molecule has 0 aliphatic heterocycles. The molecule has 1 unspecified atom stereocenters. The monoisotopic (exact) mass is 385 g/mol. The lowest BCUT2D eigenvalue weighted by molar-refractivity contribution is 0.259. The van der Waals surface area contributed by atoms with Gasteiger partial charge in [-0.15, -0.1) is 0 Å². The van der Waals surface area contributed by atoms with Gasteiger partial charge >= 0.3 is 0 Å². The van der Waals surface area contributed by atoms with Crippen LogP contribution >= 0.6 is 0 Å². The second kappa shape index (κ2) is 8.02. The quantitative estimate of drug-likeness (QED) is 0.611. The van der Waals surface area contributed by atoms with Crippen LogP contribution in [0.2, 0.25) is 0 Å². The van der Waals surface area contributed by atoms with Gasteiger partial charge in [-0.05, 0) is 30.2 Å². The van der Waals surface area contributed by atoms with Crippen molar-refractivity contribution in [1.82, 2.24) is 14.4 Å². The van der Waals surface area contributed by atoms with E-state index >= 15 is 0 Å². The Hall–Kier alpha value is -2.51. The van der Waals surface area contributed by atoms with Crippen LogP contribution in [0.25, 0.3) is 11.5 Å². The Morgan fingerprint density at radius 1 is 1.04 bits per heavy atom. The molecule has 2 atom stereocenters. The molecule has 1 aromatic heterocycles. The fraction of sp³-hybridized carbons (Fsp3) is 0.300. The van der Waals surface area contributed by atoms with Gasteiger partial charge in [-0.25, -0.2) is 8.42 Å². The molecular formula is C20H23N3O3S. The molecule has 6 nitrogen and oxygen atoms in total. The third-order valence-corrected chi connectivity index (χ3v) is 6.58. The molecule has 0 spiro atoms. The first-order chi connectivity index (χ1) is 12.9. The molecule has 0 saturated carbocycles. The van der Waals surface area contributed by atoms with Crippen LogP contribution in [0.15, 0.2) is 70.1 Å². The average Bonchev–Trinajstić information content (AvgIpc) is 3.19. The minimum atomic E-state index is -3.69. The lowest BCUT2D eigenvalue weighted by Crippen LogP contribution is -2.35. The van der Waals surface area contributed by atoms with Gasteiger partial charge in [0.2, 0.25) is 10.0 Å². The summed E-state index contributed by atoms with van der Waals surface area (Å²) in [5.74, 6) is 0.754. The van der Waals surface area contributed by atoms with E-state index < -0.39 is 16.1 Å². The second-order valence-corrected chi connectivity index (χ2v) is 8.49. The number of sulfonamides is 1. The van der Waals surface area contributed by atoms with Crippen molar-refractivity contribution in [3.8, 4) is 11.5 Å². The van der Waals surface area contributed by atoms with Crippen molar-refractivity contribution in [3.05, 3.63) is 66.5 Å². The highest BCUT2D eigenvalue weighted by Crippen LogP contribution is 2.33. The van der Waals surface area contributed by atoms with Gasteiger partial charge in [0, 0.05) is 12.6 Å². The van der Waals surface area contributed by atoms with Crippen LogP contribution in [0.3, 0.4) is 0 Å². The molecule has 2 aromatic carbocycles. The van der Waals surface area contributed by atoms with Gasteiger partial charge in [-0.1, -0.05) is 61.8 Å². The Balaban J connectivity index is 1.99. The van der Waals surface area contributed by atoms with Gasteiger partial charge in [-0.2, -0.15) is 9.29 Å². The van der Waals surface area contributed by atoms with Crippen molar-refractivity contribution in [3.63, 3.8) is 0 Å². The Morgan fingerprint density at radius 2 is 1.63 bits per heavy atom. The summed E-state index contributed by atoms with van der Waals surface area (Å²) in [7, 11) is -2.12. The lowest BCUT2D eigenvalue weighted by atomic mass is 9.99. The van der Waals surface area contributed by atoms with Crippen LogP contribution in [0, 0.1) is 5.92 Å². The summed E-state index contributed by atoms with van der Waals surface area (Å²) >= 11 is 0. The van der Waals surface area contributed by atoms with Crippen LogP contribution in [0.1, 0.15) is 32.1 Å². The summed E-state index contributed by atoms with van der Waals surface area (Å²) in [6.07, 6.45) is 0.772. The van der Waals surface area contributed by atoms with Gasteiger partial charge in [0.1, 0.15) is 0 Å². The van der Waals surface area contributed by atoms with E-state index in [1.807, 2.05) is 44.2 Å². The first-order valence-electron chi connectivity index (χ1n) is 8.87. The van der Waals surface area contributed by atoms with Gasteiger partial charge in [0.15, 0.2) is 5.82 Å². The summed E-state index contributed by atoms with van der Waals surface area (Å²) in [5.41, 5.74) is 0.799. The predicted molar refractivity (Wildman–Crippen MR) is 103 cm³/mol. The van der Waals surface area contributed by atoms with E-state index in [1.54, 1.807) is 37.4 Å². The van der Waals surface area contributed by atoms with E-state index in [1.165, 1.54) is 4.31 Å². The minimum absolute atomic E-state index is 0.00899. The highest BCUT2D eigenvalue weighted by Gasteiger charge is 2.35. The Kier molecular flexibility index (Phi) is 5.72. The molecule has 0 aliphatic carbocycles. The standard InChI is InChI=1S/C20H23N3O3S/c1-4-15(2)18(23(3)27(24,25)17-13-9-6-10-14-17)19-21-20(26-22-19)16-11-7-5-8-12-16/h5-15,18H,4H2,1-3H3/t15?,18-/m0/s1. The zero-order valence-electron chi connectivity index (χ0n) is 15.6. The molecule has 0 amide bonds. The van der Waals surface area contributed by atoms with Gasteiger partial charge in [-0.3, -0.25) is 0 Å². The van der Waals surface area contributed by atoms with Crippen LogP contribution in [-0.2, 0) is 10.0 Å². The molecule has 0 aliphatic rings. The van der Waals surface area contributed by atoms with Gasteiger partial charge in [0.05, 0.1) is 10.9 Å². The van der Waals surface area contributed by atoms with Gasteiger partial charge < -0.3 is 4.52 Å². The molecule has 7 heteroatoms. The summed E-state index contributed by atoms with van der Waals surface area (Å²) in [4.78, 5) is 4.74. The molecule has 142 valence electrons. The van der Waals surface area contributed by atoms with Crippen LogP contribution in [0.5, 0.6) is 0 Å².